The zero-order chi connectivity index (χ0) is 35.3. The molecule has 0 bridgehead atoms. The van der Waals surface area contributed by atoms with E-state index in [4.69, 9.17) is 32.8 Å². The van der Waals surface area contributed by atoms with Crippen molar-refractivity contribution in [2.45, 2.75) is 102 Å². The molecule has 1 aromatic heterocycles. The van der Waals surface area contributed by atoms with Crippen LogP contribution in [-0.4, -0.2) is 105 Å². The number of amides is 1. The van der Waals surface area contributed by atoms with Gasteiger partial charge in [0.05, 0.1) is 39.2 Å². The minimum absolute atomic E-state index is 0.0406. The van der Waals surface area contributed by atoms with E-state index in [9.17, 15) is 18.0 Å². The number of hydrogen-bond donors (Lipinski definition) is 1. The maximum Gasteiger partial charge on any atom is 0.471 e. The van der Waals surface area contributed by atoms with E-state index in [0.29, 0.717) is 37.9 Å². The molecule has 16 heteroatoms. The van der Waals surface area contributed by atoms with Crippen LogP contribution < -0.4 is 10.1 Å². The van der Waals surface area contributed by atoms with Crippen molar-refractivity contribution in [1.82, 2.24) is 20.3 Å². The largest absolute Gasteiger partial charge is 0.491 e. The van der Waals surface area contributed by atoms with Crippen LogP contribution >= 0.6 is 0 Å². The fourth-order valence-electron chi connectivity index (χ4n) is 5.05. The Labute approximate surface area is 280 Å². The monoisotopic (exact) mass is 700 g/mol. The third-order valence-corrected chi connectivity index (χ3v) is 13.0. The average Bonchev–Trinajstić information content (AvgIpc) is 3.59. The van der Waals surface area contributed by atoms with Crippen molar-refractivity contribution in [1.29, 1.82) is 0 Å². The number of alkyl halides is 3. The summed E-state index contributed by atoms with van der Waals surface area (Å²) in [5, 5.41) is 10.6. The van der Waals surface area contributed by atoms with Crippen molar-refractivity contribution in [3.8, 4) is 17.0 Å². The van der Waals surface area contributed by atoms with E-state index >= 15 is 0 Å². The number of nitrogens with zero attached hydrogens (tertiary/aromatic N) is 3. The van der Waals surface area contributed by atoms with Crippen LogP contribution in [0.25, 0.3) is 11.3 Å². The highest BCUT2D eigenvalue weighted by atomic mass is 28.4. The Morgan fingerprint density at radius 1 is 1.12 bits per heavy atom. The lowest BCUT2D eigenvalue weighted by molar-refractivity contribution is -0.246. The molecule has 48 heavy (non-hydrogen) atoms. The molecule has 1 N–H and O–H groups in total. The fraction of sp³-hybridized carbons (Fsp3) is 0.656. The quantitative estimate of drug-likeness (QED) is 0.157. The van der Waals surface area contributed by atoms with Gasteiger partial charge in [0.25, 0.3) is 0 Å². The molecule has 2 aliphatic rings. The smallest absolute Gasteiger partial charge is 0.471 e. The van der Waals surface area contributed by atoms with Gasteiger partial charge in [0.1, 0.15) is 42.4 Å². The van der Waals surface area contributed by atoms with Crippen LogP contribution in [0.1, 0.15) is 34.6 Å². The van der Waals surface area contributed by atoms with Crippen molar-refractivity contribution >= 4 is 14.2 Å². The Balaban J connectivity index is 1.36. The van der Waals surface area contributed by atoms with Gasteiger partial charge in [-0.05, 0) is 44.1 Å². The average molecular weight is 701 g/mol. The summed E-state index contributed by atoms with van der Waals surface area (Å²) in [7, 11) is -1.81. The van der Waals surface area contributed by atoms with Gasteiger partial charge in [0, 0.05) is 5.56 Å². The van der Waals surface area contributed by atoms with Gasteiger partial charge < -0.3 is 38.2 Å². The van der Waals surface area contributed by atoms with Crippen molar-refractivity contribution < 1.29 is 50.8 Å². The van der Waals surface area contributed by atoms with Gasteiger partial charge in [0.15, 0.2) is 20.4 Å². The Kier molecular flexibility index (Phi) is 12.1. The van der Waals surface area contributed by atoms with Crippen molar-refractivity contribution in [3.63, 3.8) is 0 Å². The first-order valence-corrected chi connectivity index (χ1v) is 18.8. The lowest BCUT2D eigenvalue weighted by atomic mass is 9.96. The number of fused-ring (bicyclic) bond motifs is 1. The van der Waals surface area contributed by atoms with Crippen LogP contribution in [0.2, 0.25) is 18.1 Å². The van der Waals surface area contributed by atoms with E-state index < -0.39 is 56.8 Å². The number of benzene rings is 1. The molecule has 4 rings (SSSR count). The van der Waals surface area contributed by atoms with E-state index in [1.807, 2.05) is 29.6 Å². The summed E-state index contributed by atoms with van der Waals surface area (Å²) in [6, 6.07) is 6.08. The van der Waals surface area contributed by atoms with Gasteiger partial charge >= 0.3 is 12.1 Å². The summed E-state index contributed by atoms with van der Waals surface area (Å²) in [5.74, 6) is -2.67. The van der Waals surface area contributed by atoms with Gasteiger partial charge in [-0.15, -0.1) is 11.7 Å². The molecule has 1 amide bonds. The number of nitrogens with one attached hydrogen (secondary N) is 1. The van der Waals surface area contributed by atoms with Gasteiger partial charge in [0.2, 0.25) is 0 Å². The molecule has 5 atom stereocenters. The van der Waals surface area contributed by atoms with E-state index in [-0.39, 0.29) is 18.2 Å². The highest BCUT2D eigenvalue weighted by molar-refractivity contribution is 6.74. The maximum atomic E-state index is 13.2. The maximum absolute atomic E-state index is 13.2. The first-order chi connectivity index (χ1) is 22.4. The van der Waals surface area contributed by atoms with E-state index in [1.54, 1.807) is 20.0 Å². The summed E-state index contributed by atoms with van der Waals surface area (Å²) >= 11 is 0. The van der Waals surface area contributed by atoms with Crippen molar-refractivity contribution in [2.24, 2.45) is 0 Å². The number of carbonyl (C=O) groups is 1. The Bertz CT molecular complexity index is 1380. The molecule has 3 heterocycles. The first-order valence-electron chi connectivity index (χ1n) is 15.9. The number of ether oxygens (including phenoxy) is 6. The topological polar surface area (TPSA) is 124 Å². The summed E-state index contributed by atoms with van der Waals surface area (Å²) in [6.07, 6.45) is -5.91. The minimum Gasteiger partial charge on any atom is -0.491 e. The predicted octanol–water partition coefficient (Wildman–Crippen LogP) is 4.86. The minimum atomic E-state index is -5.11. The van der Waals surface area contributed by atoms with Crippen LogP contribution in [0, 0.1) is 0 Å². The molecule has 2 saturated heterocycles. The molecular weight excluding hydrogens is 653 g/mol. The van der Waals surface area contributed by atoms with Crippen LogP contribution in [0.5, 0.6) is 5.75 Å². The van der Waals surface area contributed by atoms with Crippen LogP contribution in [0.3, 0.4) is 0 Å². The first kappa shape index (κ1) is 37.9. The van der Waals surface area contributed by atoms with Crippen LogP contribution in [0.15, 0.2) is 43.1 Å². The lowest BCUT2D eigenvalue weighted by Gasteiger charge is -2.42. The summed E-state index contributed by atoms with van der Waals surface area (Å²) in [5.41, 5.74) is 1.32. The standard InChI is InChI=1S/C32H47F3N4O8Si/c1-9-13-43-28-25(36-29(40)32(33,34)35)27-26(46-31(5,6)47-27)24(45-28)20-39-19-23(37-38-39)21-11-10-12-22(18-21)42-16-14-41-15-17-44-48(7,8)30(2,3)4/h9-12,18-19,24-28H,1,13-17,20H2,2-8H3,(H,36,40)/t24-,25-,26+,27-,28+/m1/s1. The highest BCUT2D eigenvalue weighted by Gasteiger charge is 2.57. The predicted molar refractivity (Wildman–Crippen MR) is 172 cm³/mol. The van der Waals surface area contributed by atoms with Crippen LogP contribution in [0.4, 0.5) is 13.2 Å². The molecule has 2 fully saturated rings. The Morgan fingerprint density at radius 2 is 1.83 bits per heavy atom. The molecule has 2 aliphatic heterocycles. The summed E-state index contributed by atoms with van der Waals surface area (Å²) in [4.78, 5) is 11.9. The Morgan fingerprint density at radius 3 is 2.52 bits per heavy atom. The number of aromatic nitrogens is 3. The second kappa shape index (κ2) is 15.4. The molecule has 12 nitrogen and oxygen atoms in total. The third-order valence-electron chi connectivity index (χ3n) is 8.45. The molecule has 268 valence electrons. The number of rotatable bonds is 15. The van der Waals surface area contributed by atoms with Crippen molar-refractivity contribution in [2.75, 3.05) is 33.0 Å². The number of hydrogen-bond acceptors (Lipinski definition) is 10. The van der Waals surface area contributed by atoms with E-state index in [2.05, 4.69) is 50.8 Å². The van der Waals surface area contributed by atoms with Gasteiger partial charge in [-0.3, -0.25) is 4.79 Å². The molecule has 2 aromatic rings. The molecule has 1 aromatic carbocycles. The molecule has 0 saturated carbocycles. The van der Waals surface area contributed by atoms with Gasteiger partial charge in [-0.25, -0.2) is 4.68 Å². The zero-order valence-corrected chi connectivity index (χ0v) is 29.5. The normalized spacial score (nSPS) is 24.2. The molecule has 0 aliphatic carbocycles. The Hall–Kier alpha value is -2.86. The SMILES string of the molecule is C=CCO[C@H]1O[C@H](Cn2cc(-c3cccc(OCCOCCO[Si](C)(C)C(C)(C)C)c3)nn2)[C@@H]2OC(C)(C)O[C@@H]2[C@H]1NC(=O)C(F)(F)F. The zero-order valence-electron chi connectivity index (χ0n) is 28.5. The third kappa shape index (κ3) is 9.86. The van der Waals surface area contributed by atoms with Crippen molar-refractivity contribution in [3.05, 3.63) is 43.1 Å². The highest BCUT2D eigenvalue weighted by Crippen LogP contribution is 2.39. The van der Waals surface area contributed by atoms with E-state index in [1.165, 1.54) is 10.8 Å². The second-order valence-corrected chi connectivity index (χ2v) is 18.5. The number of halogens is 3. The van der Waals surface area contributed by atoms with Gasteiger partial charge in [-0.1, -0.05) is 44.2 Å². The lowest BCUT2D eigenvalue weighted by Crippen LogP contribution is -2.65. The van der Waals surface area contributed by atoms with E-state index in [0.717, 1.165) is 5.56 Å². The molecule has 0 radical (unpaired) electrons. The fourth-order valence-corrected chi connectivity index (χ4v) is 6.08. The molecule has 0 unspecified atom stereocenters. The van der Waals surface area contributed by atoms with Crippen LogP contribution in [-0.2, 0) is 39.4 Å². The number of carbonyl (C=O) groups excluding carboxylic acids is 1. The molecular formula is C32H47F3N4O8Si. The summed E-state index contributed by atoms with van der Waals surface area (Å²) < 4.78 is 82.5. The van der Waals surface area contributed by atoms with Gasteiger partial charge in [-0.2, -0.15) is 13.2 Å². The summed E-state index contributed by atoms with van der Waals surface area (Å²) in [6.45, 7) is 19.7. The second-order valence-electron chi connectivity index (χ2n) is 13.6. The molecule has 0 spiro atoms.